The van der Waals surface area contributed by atoms with E-state index < -0.39 is 5.41 Å². The average Bonchev–Trinajstić information content (AvgIpc) is 1.22. The lowest BCUT2D eigenvalue weighted by Crippen LogP contribution is -2.31. The zero-order valence-corrected chi connectivity index (χ0v) is 59.6. The highest BCUT2D eigenvalue weighted by Crippen LogP contribution is 2.53. The number of para-hydroxylation sites is 6. The molecule has 2 aliphatic rings. The Morgan fingerprint density at radius 1 is 0.274 bits per heavy atom. The number of aromatic nitrogens is 4. The second-order valence-corrected chi connectivity index (χ2v) is 29.2. The third-order valence-electron chi connectivity index (χ3n) is 21.7. The molecule has 1 aliphatic carbocycles. The van der Waals surface area contributed by atoms with Crippen LogP contribution >= 0.6 is 15.9 Å². The molecule has 0 saturated carbocycles. The predicted molar refractivity (Wildman–Crippen MR) is 438 cm³/mol. The molecule has 9 nitrogen and oxygen atoms in total. The SMILES string of the molecule is Brc1ccc(-n2c3ccccc3c3cc(-n4c5ccccc5c5ccccc54)ccc32)cc1.C.CC1(C)c2cc(C#N)ccc2Cc2ccc(C#N)cc21.CC1(C)c2cc(C#N)ccc2N(c2ccc(-n3c4ccccc4c4cc(-n5c6ccccc6c6ccccc65)ccc43)cc2)c2ccc(C#N)cc21. The monoisotopic (exact) mass is 1430 g/mol. The Kier molecular flexibility index (Phi) is 16.0. The number of hydrogen-bond acceptors (Lipinski definition) is 5. The van der Waals surface area contributed by atoms with Gasteiger partial charge in [-0.3, -0.25) is 0 Å². The number of fused-ring (bicyclic) bond motifs is 16. The van der Waals surface area contributed by atoms with E-state index in [4.69, 9.17) is 10.5 Å². The van der Waals surface area contributed by atoms with Gasteiger partial charge in [0.25, 0.3) is 0 Å². The predicted octanol–water partition coefficient (Wildman–Crippen LogP) is 24.7. The summed E-state index contributed by atoms with van der Waals surface area (Å²) in [5.41, 5.74) is 26.3. The van der Waals surface area contributed by atoms with Gasteiger partial charge in [-0.15, -0.1) is 0 Å². The number of nitrogens with zero attached hydrogens (tertiary/aromatic N) is 9. The van der Waals surface area contributed by atoms with Crippen LogP contribution in [0.5, 0.6) is 0 Å². The first-order valence-electron chi connectivity index (χ1n) is 35.2. The first-order valence-corrected chi connectivity index (χ1v) is 36.0. The molecular weight excluding hydrogens is 1360 g/mol. The van der Waals surface area contributed by atoms with Crippen LogP contribution in [0.15, 0.2) is 308 Å². The summed E-state index contributed by atoms with van der Waals surface area (Å²) in [4.78, 5) is 2.26. The van der Waals surface area contributed by atoms with Crippen LogP contribution in [0, 0.1) is 45.3 Å². The number of anilines is 3. The van der Waals surface area contributed by atoms with E-state index in [0.717, 1.165) is 67.2 Å². The maximum Gasteiger partial charge on any atom is 0.0991 e. The molecule has 14 aromatic carbocycles. The van der Waals surface area contributed by atoms with E-state index in [0.29, 0.717) is 22.3 Å². The number of halogens is 1. The standard InChI is InChI=1S/C47H31N5.C30H19BrN2.C18H14N2.CH4/c1-47(2)39-25-30(28-48)15-22-45(39)51(46-23-16-31(29-49)26-40(46)47)33-19-17-32(18-20-33)50-43-14-8-5-11-37(43)38-27-34(21-24-44(38)50)52-41-12-6-3-9-35(41)36-10-4-7-13-42(36)52;31-20-13-15-21(16-14-20)32-29-12-6-3-9-25(29)26-19-22(17-18-30(26)32)33-27-10-4-1-7-23(27)24-8-2-5-11-28(24)33;1-18(2)16-7-12(10-19)3-5-14(16)9-15-6-4-13(11-20)8-17(15)18;/h3-27H,1-2H3;1-19H;3-8H,9H2,1-2H3;1H4. The average molecular weight is 1430 g/mol. The van der Waals surface area contributed by atoms with Crippen molar-refractivity contribution in [2.45, 2.75) is 52.4 Å². The molecule has 0 spiro atoms. The molecule has 0 saturated heterocycles. The Morgan fingerprint density at radius 2 is 0.538 bits per heavy atom. The van der Waals surface area contributed by atoms with Gasteiger partial charge in [-0.05, 0) is 222 Å². The van der Waals surface area contributed by atoms with Gasteiger partial charge in [-0.25, -0.2) is 0 Å². The molecule has 0 radical (unpaired) electrons. The van der Waals surface area contributed by atoms with Gasteiger partial charge in [0.2, 0.25) is 0 Å². The summed E-state index contributed by atoms with van der Waals surface area (Å²) in [6, 6.07) is 116. The van der Waals surface area contributed by atoms with Gasteiger partial charge in [0.05, 0.1) is 102 Å². The Labute approximate surface area is 623 Å². The quantitative estimate of drug-likeness (QED) is 0.170. The molecule has 1 aliphatic heterocycles. The highest BCUT2D eigenvalue weighted by Gasteiger charge is 2.38. The highest BCUT2D eigenvalue weighted by atomic mass is 79.9. The Hall–Kier alpha value is -13.5. The van der Waals surface area contributed by atoms with E-state index in [1.807, 2.05) is 60.7 Å². The summed E-state index contributed by atoms with van der Waals surface area (Å²) in [6.07, 6.45) is 0.867. The van der Waals surface area contributed by atoms with Gasteiger partial charge in [-0.1, -0.05) is 172 Å². The molecule has 18 aromatic rings. The molecule has 5 heterocycles. The van der Waals surface area contributed by atoms with Crippen molar-refractivity contribution in [3.63, 3.8) is 0 Å². The summed E-state index contributed by atoms with van der Waals surface area (Å²) in [5, 5.41) is 47.7. The van der Waals surface area contributed by atoms with Crippen LogP contribution in [-0.2, 0) is 17.3 Å². The largest absolute Gasteiger partial charge is 0.310 e. The molecule has 0 N–H and O–H groups in total. The Morgan fingerprint density at radius 3 is 0.887 bits per heavy atom. The van der Waals surface area contributed by atoms with E-state index in [1.54, 1.807) is 0 Å². The van der Waals surface area contributed by atoms with Crippen LogP contribution < -0.4 is 4.90 Å². The fraction of sp³-hybridized carbons (Fsp3) is 0.0833. The number of rotatable bonds is 5. The fourth-order valence-corrected chi connectivity index (χ4v) is 17.0. The van der Waals surface area contributed by atoms with Crippen molar-refractivity contribution in [1.29, 1.82) is 21.0 Å². The zero-order valence-electron chi connectivity index (χ0n) is 58.0. The molecule has 20 rings (SSSR count). The van der Waals surface area contributed by atoms with Gasteiger partial charge in [0, 0.05) is 86.8 Å². The van der Waals surface area contributed by atoms with Gasteiger partial charge in [0.1, 0.15) is 0 Å². The molecule has 0 bridgehead atoms. The summed E-state index contributed by atoms with van der Waals surface area (Å²) in [6.45, 7) is 8.66. The van der Waals surface area contributed by atoms with E-state index >= 15 is 0 Å². The van der Waals surface area contributed by atoms with Crippen molar-refractivity contribution in [1.82, 2.24) is 18.3 Å². The summed E-state index contributed by atoms with van der Waals surface area (Å²) < 4.78 is 10.5. The number of hydrogen-bond donors (Lipinski definition) is 0. The van der Waals surface area contributed by atoms with Crippen LogP contribution in [0.4, 0.5) is 17.1 Å². The normalized spacial score (nSPS) is 12.9. The minimum absolute atomic E-state index is 0. The highest BCUT2D eigenvalue weighted by molar-refractivity contribution is 9.10. The fourth-order valence-electron chi connectivity index (χ4n) is 16.8. The van der Waals surface area contributed by atoms with Crippen LogP contribution in [0.1, 0.15) is 90.8 Å². The molecule has 0 amide bonds. The minimum Gasteiger partial charge on any atom is -0.310 e. The minimum atomic E-state index is -0.401. The molecule has 0 atom stereocenters. The molecule has 0 unspecified atom stereocenters. The van der Waals surface area contributed by atoms with Crippen molar-refractivity contribution in [2.75, 3.05) is 4.90 Å². The van der Waals surface area contributed by atoms with E-state index in [-0.39, 0.29) is 12.8 Å². The molecule has 106 heavy (non-hydrogen) atoms. The van der Waals surface area contributed by atoms with Crippen molar-refractivity contribution < 1.29 is 0 Å². The van der Waals surface area contributed by atoms with Crippen LogP contribution in [0.25, 0.3) is 110 Å². The Balaban J connectivity index is 0.000000130. The second-order valence-electron chi connectivity index (χ2n) is 28.3. The number of benzene rings is 14. The molecule has 10 heteroatoms. The Bertz CT molecular complexity index is 6590. The summed E-state index contributed by atoms with van der Waals surface area (Å²) in [7, 11) is 0. The van der Waals surface area contributed by atoms with Crippen molar-refractivity contribution >= 4 is 120 Å². The lowest BCUT2D eigenvalue weighted by Gasteiger charge is -2.42. The molecule has 0 fully saturated rings. The lowest BCUT2D eigenvalue weighted by atomic mass is 9.68. The van der Waals surface area contributed by atoms with E-state index in [2.05, 4.69) is 334 Å². The van der Waals surface area contributed by atoms with Crippen LogP contribution in [0.2, 0.25) is 0 Å². The smallest absolute Gasteiger partial charge is 0.0991 e. The summed E-state index contributed by atoms with van der Waals surface area (Å²) >= 11 is 3.57. The van der Waals surface area contributed by atoms with Gasteiger partial charge in [-0.2, -0.15) is 21.0 Å². The van der Waals surface area contributed by atoms with E-state index in [9.17, 15) is 10.5 Å². The maximum absolute atomic E-state index is 9.78. The molecule has 4 aromatic heterocycles. The van der Waals surface area contributed by atoms with Gasteiger partial charge < -0.3 is 23.2 Å². The van der Waals surface area contributed by atoms with Crippen LogP contribution in [-0.4, -0.2) is 18.3 Å². The van der Waals surface area contributed by atoms with Gasteiger partial charge in [0.15, 0.2) is 0 Å². The van der Waals surface area contributed by atoms with E-state index in [1.165, 1.54) is 104 Å². The maximum atomic E-state index is 9.78. The first kappa shape index (κ1) is 65.8. The lowest BCUT2D eigenvalue weighted by molar-refractivity contribution is 0.610. The third kappa shape index (κ3) is 10.5. The summed E-state index contributed by atoms with van der Waals surface area (Å²) in [5.74, 6) is 0. The molecule has 504 valence electrons. The van der Waals surface area contributed by atoms with Crippen LogP contribution in [0.3, 0.4) is 0 Å². The topological polar surface area (TPSA) is 118 Å². The number of nitriles is 4. The third-order valence-corrected chi connectivity index (χ3v) is 22.3. The van der Waals surface area contributed by atoms with Gasteiger partial charge >= 0.3 is 0 Å². The van der Waals surface area contributed by atoms with Crippen molar-refractivity contribution in [3.8, 4) is 47.0 Å². The first-order chi connectivity index (χ1) is 51.3. The zero-order chi connectivity index (χ0) is 71.4. The van der Waals surface area contributed by atoms with Crippen molar-refractivity contribution in [2.24, 2.45) is 0 Å². The second kappa shape index (κ2) is 25.8. The van der Waals surface area contributed by atoms with Crippen molar-refractivity contribution in [3.05, 3.63) is 363 Å². The molecular formula is C96H68BrN9.